The number of ether oxygens (including phenoxy) is 5. The lowest BCUT2D eigenvalue weighted by Crippen LogP contribution is -2.31. The van der Waals surface area contributed by atoms with Crippen LogP contribution in [-0.4, -0.2) is 50.7 Å². The fourth-order valence-corrected chi connectivity index (χ4v) is 3.07. The number of nitrogens with zero attached hydrogens (tertiary/aromatic N) is 2. The van der Waals surface area contributed by atoms with Crippen LogP contribution in [0, 0.1) is 11.3 Å². The molecule has 1 aromatic carbocycles. The lowest BCUT2D eigenvalue weighted by atomic mass is 9.89. The molecule has 0 saturated heterocycles. The van der Waals surface area contributed by atoms with E-state index in [2.05, 4.69) is 6.07 Å². The molecule has 0 fully saturated rings. The van der Waals surface area contributed by atoms with E-state index < -0.39 is 18.2 Å². The number of hydrogen-bond donors (Lipinski definition) is 0. The molecule has 0 saturated carbocycles. The Morgan fingerprint density at radius 3 is 2.09 bits per heavy atom. The van der Waals surface area contributed by atoms with Gasteiger partial charge in [-0.2, -0.15) is 5.26 Å². The maximum atomic E-state index is 12.3. The van der Waals surface area contributed by atoms with Crippen molar-refractivity contribution >= 4 is 12.3 Å². The third kappa shape index (κ3) is 6.02. The van der Waals surface area contributed by atoms with Gasteiger partial charge < -0.3 is 28.6 Å². The van der Waals surface area contributed by atoms with E-state index in [0.717, 1.165) is 0 Å². The Labute approximate surface area is 187 Å². The van der Waals surface area contributed by atoms with Crippen molar-refractivity contribution in [3.8, 4) is 6.07 Å². The third-order valence-electron chi connectivity index (χ3n) is 4.84. The van der Waals surface area contributed by atoms with Gasteiger partial charge in [0.1, 0.15) is 24.0 Å². The monoisotopic (exact) mass is 444 g/mol. The molecule has 1 aliphatic rings. The van der Waals surface area contributed by atoms with Crippen LogP contribution in [0.25, 0.3) is 0 Å². The van der Waals surface area contributed by atoms with Crippen molar-refractivity contribution in [1.82, 2.24) is 4.90 Å². The van der Waals surface area contributed by atoms with E-state index in [4.69, 9.17) is 28.9 Å². The topological polar surface area (TPSA) is 107 Å². The molecule has 172 valence electrons. The van der Waals surface area contributed by atoms with E-state index in [-0.39, 0.29) is 30.8 Å². The molecule has 1 unspecified atom stereocenters. The molecule has 0 bridgehead atoms. The van der Waals surface area contributed by atoms with Crippen molar-refractivity contribution in [2.75, 3.05) is 27.4 Å². The van der Waals surface area contributed by atoms with Crippen LogP contribution in [0.15, 0.2) is 47.2 Å². The van der Waals surface area contributed by atoms with Crippen molar-refractivity contribution in [3.63, 3.8) is 0 Å². The number of hydrogen-bond acceptors (Lipinski definition) is 9. The first-order valence-electron chi connectivity index (χ1n) is 10.1. The molecule has 2 rings (SSSR count). The van der Waals surface area contributed by atoms with Gasteiger partial charge in [-0.15, -0.1) is 0 Å². The summed E-state index contributed by atoms with van der Waals surface area (Å²) < 4.78 is 26.3. The molecular weight excluding hydrogens is 416 g/mol. The molecule has 1 heterocycles. The Bertz CT molecular complexity index is 942. The van der Waals surface area contributed by atoms with E-state index in [1.54, 1.807) is 63.9 Å². The molecular formula is C23H28N2O7. The maximum Gasteiger partial charge on any atom is 0.513 e. The number of methoxy groups -OCH3 is 1. The molecule has 9 heteroatoms. The van der Waals surface area contributed by atoms with Crippen LogP contribution < -0.4 is 0 Å². The Hall–Kier alpha value is -3.51. The van der Waals surface area contributed by atoms with Crippen LogP contribution in [0.3, 0.4) is 0 Å². The Morgan fingerprint density at radius 2 is 1.59 bits per heavy atom. The number of carbonyl (C=O) groups is 2. The van der Waals surface area contributed by atoms with E-state index in [1.807, 2.05) is 0 Å². The largest absolute Gasteiger partial charge is 0.513 e. The quantitative estimate of drug-likeness (QED) is 0.446. The van der Waals surface area contributed by atoms with Gasteiger partial charge in [-0.25, -0.2) is 9.59 Å². The second-order valence-corrected chi connectivity index (χ2v) is 7.34. The highest BCUT2D eigenvalue weighted by Crippen LogP contribution is 2.42. The Balaban J connectivity index is 2.49. The lowest BCUT2D eigenvalue weighted by Gasteiger charge is -2.35. The lowest BCUT2D eigenvalue weighted by molar-refractivity contribution is 0.0383. The summed E-state index contributed by atoms with van der Waals surface area (Å²) in [5.74, 6) is -0.264. The van der Waals surface area contributed by atoms with Crippen LogP contribution >= 0.6 is 0 Å². The third-order valence-corrected chi connectivity index (χ3v) is 4.84. The second-order valence-electron chi connectivity index (χ2n) is 7.34. The minimum Gasteiger partial charge on any atom is -0.432 e. The van der Waals surface area contributed by atoms with Gasteiger partial charge in [0, 0.05) is 14.2 Å². The average Bonchev–Trinajstić information content (AvgIpc) is 2.75. The summed E-state index contributed by atoms with van der Waals surface area (Å²) in [7, 11) is 3.25. The minimum absolute atomic E-state index is 0.0258. The molecule has 0 N–H and O–H groups in total. The molecule has 0 spiro atoms. The molecule has 1 aliphatic heterocycles. The van der Waals surface area contributed by atoms with Crippen molar-refractivity contribution in [2.45, 2.75) is 39.7 Å². The van der Waals surface area contributed by atoms with Gasteiger partial charge in [-0.1, -0.05) is 12.1 Å². The predicted octanol–water partition coefficient (Wildman–Crippen LogP) is 4.41. The smallest absolute Gasteiger partial charge is 0.432 e. The van der Waals surface area contributed by atoms with Crippen LogP contribution in [-0.2, 0) is 23.7 Å². The zero-order valence-electron chi connectivity index (χ0n) is 19.1. The summed E-state index contributed by atoms with van der Waals surface area (Å²) >= 11 is 0. The highest BCUT2D eigenvalue weighted by atomic mass is 16.7. The normalized spacial score (nSPS) is 16.1. The maximum absolute atomic E-state index is 12.3. The first-order chi connectivity index (χ1) is 15.2. The molecule has 0 radical (unpaired) electrons. The molecule has 9 nitrogen and oxygen atoms in total. The fourth-order valence-electron chi connectivity index (χ4n) is 3.07. The first kappa shape index (κ1) is 24.8. The van der Waals surface area contributed by atoms with E-state index in [9.17, 15) is 9.59 Å². The average molecular weight is 444 g/mol. The van der Waals surface area contributed by atoms with Gasteiger partial charge >= 0.3 is 12.3 Å². The summed E-state index contributed by atoms with van der Waals surface area (Å²) in [5, 5.41) is 9.13. The van der Waals surface area contributed by atoms with E-state index >= 15 is 0 Å². The summed E-state index contributed by atoms with van der Waals surface area (Å²) in [6.45, 7) is 7.23. The van der Waals surface area contributed by atoms with Gasteiger partial charge in [-0.05, 0) is 45.4 Å². The summed E-state index contributed by atoms with van der Waals surface area (Å²) in [5.41, 5.74) is 2.39. The van der Waals surface area contributed by atoms with Crippen molar-refractivity contribution in [3.05, 3.63) is 58.3 Å². The number of carbonyl (C=O) groups excluding carboxylic acids is 2. The molecule has 0 amide bonds. The Morgan fingerprint density at radius 1 is 1.03 bits per heavy atom. The van der Waals surface area contributed by atoms with Crippen LogP contribution in [0.5, 0.6) is 0 Å². The van der Waals surface area contributed by atoms with Gasteiger partial charge in [0.15, 0.2) is 0 Å². The zero-order valence-corrected chi connectivity index (χ0v) is 19.1. The van der Waals surface area contributed by atoms with Crippen molar-refractivity contribution in [1.29, 1.82) is 5.26 Å². The molecule has 1 atom stereocenters. The number of benzene rings is 1. The highest BCUT2D eigenvalue weighted by Gasteiger charge is 2.37. The van der Waals surface area contributed by atoms with Gasteiger partial charge in [0.05, 0.1) is 35.7 Å². The minimum atomic E-state index is -0.910. The molecule has 0 aromatic heterocycles. The zero-order chi connectivity index (χ0) is 23.8. The van der Waals surface area contributed by atoms with Gasteiger partial charge in [0.2, 0.25) is 0 Å². The van der Waals surface area contributed by atoms with Crippen molar-refractivity contribution < 1.29 is 33.3 Å². The number of rotatable bonds is 7. The number of nitriles is 1. The molecule has 32 heavy (non-hydrogen) atoms. The van der Waals surface area contributed by atoms with E-state index in [0.29, 0.717) is 22.5 Å². The van der Waals surface area contributed by atoms with Crippen LogP contribution in [0.4, 0.5) is 9.59 Å². The van der Waals surface area contributed by atoms with E-state index in [1.165, 1.54) is 7.11 Å². The fraction of sp³-hybridized carbons (Fsp3) is 0.435. The molecule has 1 aromatic rings. The van der Waals surface area contributed by atoms with Crippen LogP contribution in [0.2, 0.25) is 0 Å². The Kier molecular flexibility index (Phi) is 8.67. The van der Waals surface area contributed by atoms with Gasteiger partial charge in [-0.3, -0.25) is 0 Å². The number of allylic oxidation sites excluding steroid dienone is 2. The highest BCUT2D eigenvalue weighted by molar-refractivity contribution is 5.65. The SMILES string of the molecule is COCCOC(=O)OC1=C(C)N(C)C(C)=C(OC(=O)OC(C)C)C1c1ccc(C#N)cc1. The molecule has 0 aliphatic carbocycles. The summed E-state index contributed by atoms with van der Waals surface area (Å²) in [6, 6.07) is 8.76. The standard InChI is InChI=1S/C23H28N2O7/c1-14(2)30-23(27)32-21-16(4)25(5)15(3)20(31-22(26)29-12-11-28-6)19(21)18-9-7-17(13-24)8-10-18/h7-10,14,19H,11-12H2,1-6H3. The second kappa shape index (κ2) is 11.2. The van der Waals surface area contributed by atoms with Gasteiger partial charge in [0.25, 0.3) is 0 Å². The first-order valence-corrected chi connectivity index (χ1v) is 10.1. The summed E-state index contributed by atoms with van der Waals surface area (Å²) in [4.78, 5) is 26.4. The van der Waals surface area contributed by atoms with Crippen LogP contribution in [0.1, 0.15) is 44.7 Å². The summed E-state index contributed by atoms with van der Waals surface area (Å²) in [6.07, 6.45) is -2.16. The predicted molar refractivity (Wildman–Crippen MR) is 114 cm³/mol. The van der Waals surface area contributed by atoms with Crippen molar-refractivity contribution in [2.24, 2.45) is 0 Å².